The molecule has 0 radical (unpaired) electrons. The lowest BCUT2D eigenvalue weighted by molar-refractivity contribution is 0.264. The van der Waals surface area contributed by atoms with Crippen molar-refractivity contribution < 1.29 is 5.11 Å². The van der Waals surface area contributed by atoms with Crippen molar-refractivity contribution in [2.45, 2.75) is 53.2 Å². The number of imidazole rings is 1. The van der Waals surface area contributed by atoms with Crippen molar-refractivity contribution in [1.82, 2.24) is 9.55 Å². The van der Waals surface area contributed by atoms with Gasteiger partial charge in [0.1, 0.15) is 12.4 Å². The zero-order chi connectivity index (χ0) is 14.0. The highest BCUT2D eigenvalue weighted by molar-refractivity contribution is 5.77. The van der Waals surface area contributed by atoms with Gasteiger partial charge in [0.25, 0.3) is 0 Å². The van der Waals surface area contributed by atoms with E-state index in [9.17, 15) is 5.11 Å². The summed E-state index contributed by atoms with van der Waals surface area (Å²) in [6, 6.07) is 6.45. The van der Waals surface area contributed by atoms with Gasteiger partial charge in [-0.15, -0.1) is 0 Å². The number of fused-ring (bicyclic) bond motifs is 1. The minimum Gasteiger partial charge on any atom is -0.388 e. The van der Waals surface area contributed by atoms with Gasteiger partial charge in [-0.1, -0.05) is 33.8 Å². The number of nitrogens with zero attached hydrogens (tertiary/aromatic N) is 2. The van der Waals surface area contributed by atoms with Crippen LogP contribution in [0, 0.1) is 5.92 Å². The maximum Gasteiger partial charge on any atom is 0.135 e. The van der Waals surface area contributed by atoms with Gasteiger partial charge in [0.15, 0.2) is 0 Å². The molecule has 0 saturated carbocycles. The average Bonchev–Trinajstić information content (AvgIpc) is 2.72. The van der Waals surface area contributed by atoms with Crippen molar-refractivity contribution >= 4 is 11.0 Å². The fourth-order valence-corrected chi connectivity index (χ4v) is 2.31. The van der Waals surface area contributed by atoms with E-state index in [2.05, 4.69) is 55.4 Å². The zero-order valence-electron chi connectivity index (χ0n) is 12.3. The van der Waals surface area contributed by atoms with Gasteiger partial charge in [-0.25, -0.2) is 4.98 Å². The van der Waals surface area contributed by atoms with E-state index < -0.39 is 0 Å². The molecule has 0 fully saturated rings. The summed E-state index contributed by atoms with van der Waals surface area (Å²) in [5.41, 5.74) is 3.43. The normalized spacial score (nSPS) is 11.9. The van der Waals surface area contributed by atoms with Crippen molar-refractivity contribution in [3.8, 4) is 0 Å². The lowest BCUT2D eigenvalue weighted by atomic mass is 10.0. The summed E-state index contributed by atoms with van der Waals surface area (Å²) >= 11 is 0. The Morgan fingerprint density at radius 2 is 1.95 bits per heavy atom. The molecule has 0 unspecified atom stereocenters. The quantitative estimate of drug-likeness (QED) is 0.890. The van der Waals surface area contributed by atoms with E-state index in [4.69, 9.17) is 0 Å². The van der Waals surface area contributed by atoms with E-state index in [0.29, 0.717) is 11.8 Å². The van der Waals surface area contributed by atoms with Crippen LogP contribution in [0.5, 0.6) is 0 Å². The van der Waals surface area contributed by atoms with Crippen LogP contribution >= 0.6 is 0 Å². The van der Waals surface area contributed by atoms with E-state index in [0.717, 1.165) is 29.8 Å². The minimum atomic E-state index is 0.00376. The Morgan fingerprint density at radius 1 is 1.21 bits per heavy atom. The summed E-state index contributed by atoms with van der Waals surface area (Å²) in [7, 11) is 0. The Morgan fingerprint density at radius 3 is 2.53 bits per heavy atom. The van der Waals surface area contributed by atoms with Gasteiger partial charge < -0.3 is 9.67 Å². The summed E-state index contributed by atoms with van der Waals surface area (Å²) in [6.45, 7) is 9.73. The van der Waals surface area contributed by atoms with Crippen molar-refractivity contribution in [2.24, 2.45) is 5.92 Å². The Labute approximate surface area is 115 Å². The topological polar surface area (TPSA) is 38.0 Å². The summed E-state index contributed by atoms with van der Waals surface area (Å²) in [4.78, 5) is 4.57. The Kier molecular flexibility index (Phi) is 4.25. The molecule has 0 aliphatic heterocycles. The fourth-order valence-electron chi connectivity index (χ4n) is 2.31. The van der Waals surface area contributed by atoms with Gasteiger partial charge in [-0.05, 0) is 36.0 Å². The SMILES string of the molecule is CC(C)CCn1c(CO)nc2cc(C(C)C)ccc21. The molecule has 0 bridgehead atoms. The maximum atomic E-state index is 9.48. The highest BCUT2D eigenvalue weighted by atomic mass is 16.3. The molecule has 2 rings (SSSR count). The number of hydrogen-bond acceptors (Lipinski definition) is 2. The highest BCUT2D eigenvalue weighted by Crippen LogP contribution is 2.23. The molecule has 3 nitrogen and oxygen atoms in total. The molecule has 0 amide bonds. The largest absolute Gasteiger partial charge is 0.388 e. The second-order valence-electron chi connectivity index (χ2n) is 5.92. The van der Waals surface area contributed by atoms with Crippen LogP contribution in [0.3, 0.4) is 0 Å². The van der Waals surface area contributed by atoms with Crippen molar-refractivity contribution in [2.75, 3.05) is 0 Å². The van der Waals surface area contributed by atoms with Crippen LogP contribution in [-0.4, -0.2) is 14.7 Å². The number of aliphatic hydroxyl groups excluding tert-OH is 1. The number of rotatable bonds is 5. The first-order valence-corrected chi connectivity index (χ1v) is 7.12. The molecule has 3 heteroatoms. The molecule has 104 valence electrons. The third kappa shape index (κ3) is 2.98. The maximum absolute atomic E-state index is 9.48. The molecule has 0 aliphatic carbocycles. The molecule has 2 aromatic rings. The second kappa shape index (κ2) is 5.74. The molecule has 1 heterocycles. The van der Waals surface area contributed by atoms with Crippen LogP contribution in [0.2, 0.25) is 0 Å². The third-order valence-corrected chi connectivity index (χ3v) is 3.59. The van der Waals surface area contributed by atoms with Crippen molar-refractivity contribution in [1.29, 1.82) is 0 Å². The number of benzene rings is 1. The van der Waals surface area contributed by atoms with Crippen LogP contribution < -0.4 is 0 Å². The average molecular weight is 260 g/mol. The van der Waals surface area contributed by atoms with Gasteiger partial charge >= 0.3 is 0 Å². The molecule has 0 saturated heterocycles. The molecule has 0 atom stereocenters. The van der Waals surface area contributed by atoms with E-state index in [1.54, 1.807) is 0 Å². The number of hydrogen-bond donors (Lipinski definition) is 1. The van der Waals surface area contributed by atoms with Gasteiger partial charge in [-0.2, -0.15) is 0 Å². The first kappa shape index (κ1) is 14.1. The smallest absolute Gasteiger partial charge is 0.135 e. The minimum absolute atomic E-state index is 0.00376. The first-order valence-electron chi connectivity index (χ1n) is 7.12. The van der Waals surface area contributed by atoms with Crippen LogP contribution in [0.1, 0.15) is 51.4 Å². The summed E-state index contributed by atoms with van der Waals surface area (Å²) in [5, 5.41) is 9.48. The Balaban J connectivity index is 2.43. The number of aryl methyl sites for hydroxylation is 1. The Hall–Kier alpha value is -1.35. The summed E-state index contributed by atoms with van der Waals surface area (Å²) in [5.74, 6) is 1.93. The number of aliphatic hydroxyl groups is 1. The predicted octanol–water partition coefficient (Wildman–Crippen LogP) is 3.70. The fraction of sp³-hybridized carbons (Fsp3) is 0.562. The van der Waals surface area contributed by atoms with Gasteiger partial charge in [0.2, 0.25) is 0 Å². The van der Waals surface area contributed by atoms with Crippen LogP contribution in [-0.2, 0) is 13.2 Å². The van der Waals surface area contributed by atoms with Crippen LogP contribution in [0.25, 0.3) is 11.0 Å². The van der Waals surface area contributed by atoms with Crippen molar-refractivity contribution in [3.05, 3.63) is 29.6 Å². The van der Waals surface area contributed by atoms with Crippen molar-refractivity contribution in [3.63, 3.8) is 0 Å². The van der Waals surface area contributed by atoms with E-state index in [1.807, 2.05) is 0 Å². The van der Waals surface area contributed by atoms with Crippen LogP contribution in [0.15, 0.2) is 18.2 Å². The zero-order valence-corrected chi connectivity index (χ0v) is 12.3. The lowest BCUT2D eigenvalue weighted by Gasteiger charge is -2.10. The molecule has 1 aromatic carbocycles. The monoisotopic (exact) mass is 260 g/mol. The summed E-state index contributed by atoms with van der Waals surface area (Å²) in [6.07, 6.45) is 1.10. The molecular formula is C16H24N2O. The molecule has 1 N–H and O–H groups in total. The second-order valence-corrected chi connectivity index (χ2v) is 5.92. The Bertz CT molecular complexity index is 555. The lowest BCUT2D eigenvalue weighted by Crippen LogP contribution is -2.06. The molecule has 1 aromatic heterocycles. The van der Waals surface area contributed by atoms with E-state index in [1.165, 1.54) is 5.56 Å². The van der Waals surface area contributed by atoms with E-state index >= 15 is 0 Å². The van der Waals surface area contributed by atoms with Gasteiger partial charge in [0, 0.05) is 6.54 Å². The predicted molar refractivity (Wildman–Crippen MR) is 79.2 cm³/mol. The summed E-state index contributed by atoms with van der Waals surface area (Å²) < 4.78 is 2.15. The molecule has 0 spiro atoms. The van der Waals surface area contributed by atoms with E-state index in [-0.39, 0.29) is 6.61 Å². The highest BCUT2D eigenvalue weighted by Gasteiger charge is 2.11. The van der Waals surface area contributed by atoms with Gasteiger partial charge in [0.05, 0.1) is 11.0 Å². The third-order valence-electron chi connectivity index (χ3n) is 3.59. The van der Waals surface area contributed by atoms with Gasteiger partial charge in [-0.3, -0.25) is 0 Å². The number of aromatic nitrogens is 2. The van der Waals surface area contributed by atoms with Crippen LogP contribution in [0.4, 0.5) is 0 Å². The standard InChI is InChI=1S/C16H24N2O/c1-11(2)7-8-18-15-6-5-13(12(3)4)9-14(15)17-16(18)10-19/h5-6,9,11-12,19H,7-8,10H2,1-4H3. The first-order chi connectivity index (χ1) is 9.02. The molecular weight excluding hydrogens is 236 g/mol. The molecule has 0 aliphatic rings. The molecule has 19 heavy (non-hydrogen) atoms.